The maximum atomic E-state index is 12.8. The van der Waals surface area contributed by atoms with Crippen LogP contribution < -0.4 is 4.74 Å². The third-order valence-electron chi connectivity index (χ3n) is 6.06. The predicted molar refractivity (Wildman–Crippen MR) is 118 cm³/mol. The van der Waals surface area contributed by atoms with E-state index < -0.39 is 10.0 Å². The highest BCUT2D eigenvalue weighted by atomic mass is 35.5. The molecule has 0 saturated carbocycles. The standard InChI is InChI=1S/C22H28ClN3O3S/c23-22-4-2-1-3-18(22)17-30(27,28)26-15-7-19(8-16-26)25-13-9-21(10-14-25)29-20-5-11-24-12-6-20/h1-6,11-12,19,21H,7-10,13-17H2. The number of nitrogens with zero attached hydrogens (tertiary/aromatic N) is 3. The summed E-state index contributed by atoms with van der Waals surface area (Å²) < 4.78 is 33.4. The van der Waals surface area contributed by atoms with E-state index in [1.54, 1.807) is 28.8 Å². The number of aromatic nitrogens is 1. The number of halogens is 1. The van der Waals surface area contributed by atoms with Gasteiger partial charge in [0.2, 0.25) is 10.0 Å². The Morgan fingerprint density at radius 1 is 0.967 bits per heavy atom. The van der Waals surface area contributed by atoms with E-state index in [4.69, 9.17) is 16.3 Å². The van der Waals surface area contributed by atoms with Gasteiger partial charge in [0.1, 0.15) is 11.9 Å². The Morgan fingerprint density at radius 3 is 2.30 bits per heavy atom. The number of sulfonamides is 1. The molecule has 3 heterocycles. The molecule has 1 aromatic carbocycles. The van der Waals surface area contributed by atoms with Crippen molar-refractivity contribution in [2.24, 2.45) is 0 Å². The molecule has 0 aliphatic carbocycles. The van der Waals surface area contributed by atoms with Gasteiger partial charge in [-0.15, -0.1) is 0 Å². The molecule has 2 saturated heterocycles. The van der Waals surface area contributed by atoms with Gasteiger partial charge in [0.25, 0.3) is 0 Å². The number of likely N-dealkylation sites (tertiary alicyclic amines) is 1. The van der Waals surface area contributed by atoms with Crippen molar-refractivity contribution >= 4 is 21.6 Å². The summed E-state index contributed by atoms with van der Waals surface area (Å²) in [5, 5.41) is 0.507. The van der Waals surface area contributed by atoms with Gasteiger partial charge in [0.05, 0.1) is 5.75 Å². The molecule has 2 aliphatic heterocycles. The molecule has 8 heteroatoms. The largest absolute Gasteiger partial charge is 0.490 e. The summed E-state index contributed by atoms with van der Waals surface area (Å²) >= 11 is 6.15. The zero-order valence-electron chi connectivity index (χ0n) is 17.0. The highest BCUT2D eigenvalue weighted by molar-refractivity contribution is 7.88. The molecule has 1 aromatic heterocycles. The lowest BCUT2D eigenvalue weighted by molar-refractivity contribution is 0.0585. The molecule has 0 bridgehead atoms. The van der Waals surface area contributed by atoms with Crippen LogP contribution in [-0.4, -0.2) is 60.9 Å². The normalized spacial score (nSPS) is 20.3. The van der Waals surface area contributed by atoms with Crippen molar-refractivity contribution in [1.29, 1.82) is 0 Å². The lowest BCUT2D eigenvalue weighted by Crippen LogP contribution is -2.50. The molecule has 2 aromatic rings. The van der Waals surface area contributed by atoms with Gasteiger partial charge in [-0.25, -0.2) is 12.7 Å². The van der Waals surface area contributed by atoms with Crippen LogP contribution in [0.3, 0.4) is 0 Å². The third kappa shape index (κ3) is 5.32. The number of hydrogen-bond acceptors (Lipinski definition) is 5. The number of ether oxygens (including phenoxy) is 1. The van der Waals surface area contributed by atoms with E-state index in [2.05, 4.69) is 9.88 Å². The van der Waals surface area contributed by atoms with Crippen LogP contribution in [-0.2, 0) is 15.8 Å². The van der Waals surface area contributed by atoms with Crippen molar-refractivity contribution in [2.75, 3.05) is 26.2 Å². The Morgan fingerprint density at radius 2 is 1.63 bits per heavy atom. The summed E-state index contributed by atoms with van der Waals surface area (Å²) in [6, 6.07) is 11.4. The van der Waals surface area contributed by atoms with E-state index in [0.29, 0.717) is 29.7 Å². The Bertz CT molecular complexity index is 926. The van der Waals surface area contributed by atoms with Gasteiger partial charge in [-0.05, 0) is 49.4 Å². The zero-order chi connectivity index (χ0) is 21.0. The summed E-state index contributed by atoms with van der Waals surface area (Å²) in [7, 11) is -3.35. The second-order valence-electron chi connectivity index (χ2n) is 8.01. The smallest absolute Gasteiger partial charge is 0.218 e. The topological polar surface area (TPSA) is 62.7 Å². The van der Waals surface area contributed by atoms with Crippen LogP contribution in [0.2, 0.25) is 5.02 Å². The average Bonchev–Trinajstić information content (AvgIpc) is 2.77. The van der Waals surface area contributed by atoms with E-state index in [0.717, 1.165) is 44.5 Å². The molecule has 0 N–H and O–H groups in total. The van der Waals surface area contributed by atoms with E-state index in [1.807, 2.05) is 24.3 Å². The van der Waals surface area contributed by atoms with Crippen LogP contribution in [0.25, 0.3) is 0 Å². The maximum Gasteiger partial charge on any atom is 0.218 e. The van der Waals surface area contributed by atoms with Gasteiger partial charge in [-0.1, -0.05) is 29.8 Å². The van der Waals surface area contributed by atoms with Crippen molar-refractivity contribution in [2.45, 2.75) is 43.6 Å². The first-order valence-corrected chi connectivity index (χ1v) is 12.5. The van der Waals surface area contributed by atoms with Crippen LogP contribution in [0.4, 0.5) is 0 Å². The van der Waals surface area contributed by atoms with Crippen LogP contribution in [0.15, 0.2) is 48.8 Å². The summed E-state index contributed by atoms with van der Waals surface area (Å²) in [6.07, 6.45) is 7.46. The van der Waals surface area contributed by atoms with Crippen molar-refractivity contribution in [3.8, 4) is 5.75 Å². The fourth-order valence-electron chi connectivity index (χ4n) is 4.36. The van der Waals surface area contributed by atoms with Crippen molar-refractivity contribution in [1.82, 2.24) is 14.2 Å². The Labute approximate surface area is 183 Å². The van der Waals surface area contributed by atoms with Crippen molar-refractivity contribution in [3.63, 3.8) is 0 Å². The minimum atomic E-state index is -3.35. The van der Waals surface area contributed by atoms with Crippen molar-refractivity contribution < 1.29 is 13.2 Å². The first-order valence-electron chi connectivity index (χ1n) is 10.5. The maximum absolute atomic E-state index is 12.8. The Kier molecular flexibility index (Phi) is 6.93. The molecular weight excluding hydrogens is 422 g/mol. The summed E-state index contributed by atoms with van der Waals surface area (Å²) in [6.45, 7) is 3.13. The lowest BCUT2D eigenvalue weighted by atomic mass is 10.00. The van der Waals surface area contributed by atoms with E-state index in [1.165, 1.54) is 0 Å². The fraction of sp³-hybridized carbons (Fsp3) is 0.500. The van der Waals surface area contributed by atoms with Gasteiger partial charge in [0.15, 0.2) is 0 Å². The fourth-order valence-corrected chi connectivity index (χ4v) is 6.23. The first-order chi connectivity index (χ1) is 14.5. The first kappa shape index (κ1) is 21.6. The minimum Gasteiger partial charge on any atom is -0.490 e. The average molecular weight is 450 g/mol. The number of hydrogen-bond donors (Lipinski definition) is 0. The number of pyridine rings is 1. The van der Waals surface area contributed by atoms with Gasteiger partial charge in [0, 0.05) is 49.6 Å². The SMILES string of the molecule is O=S(=O)(Cc1ccccc1Cl)N1CCC(N2CCC(Oc3ccncc3)CC2)CC1. The van der Waals surface area contributed by atoms with E-state index in [-0.39, 0.29) is 11.9 Å². The molecule has 30 heavy (non-hydrogen) atoms. The summed E-state index contributed by atoms with van der Waals surface area (Å²) in [5.74, 6) is 0.843. The van der Waals surface area contributed by atoms with Gasteiger partial charge in [-0.3, -0.25) is 4.98 Å². The van der Waals surface area contributed by atoms with Crippen LogP contribution >= 0.6 is 11.6 Å². The second-order valence-corrected chi connectivity index (χ2v) is 10.4. The quantitative estimate of drug-likeness (QED) is 0.674. The molecule has 2 fully saturated rings. The van der Waals surface area contributed by atoms with Gasteiger partial charge >= 0.3 is 0 Å². The monoisotopic (exact) mass is 449 g/mol. The molecule has 0 radical (unpaired) electrons. The van der Waals surface area contributed by atoms with Crippen LogP contribution in [0.1, 0.15) is 31.2 Å². The molecule has 0 amide bonds. The lowest BCUT2D eigenvalue weighted by Gasteiger charge is -2.41. The van der Waals surface area contributed by atoms with Crippen molar-refractivity contribution in [3.05, 3.63) is 59.4 Å². The molecule has 2 aliphatic rings. The highest BCUT2D eigenvalue weighted by Crippen LogP contribution is 2.26. The molecule has 162 valence electrons. The molecule has 4 rings (SSSR count). The molecule has 0 unspecified atom stereocenters. The highest BCUT2D eigenvalue weighted by Gasteiger charge is 2.33. The molecule has 0 atom stereocenters. The molecule has 0 spiro atoms. The summed E-state index contributed by atoms with van der Waals surface area (Å²) in [4.78, 5) is 6.53. The summed E-state index contributed by atoms with van der Waals surface area (Å²) in [5.41, 5.74) is 0.664. The predicted octanol–water partition coefficient (Wildman–Crippen LogP) is 3.57. The number of benzene rings is 1. The number of rotatable bonds is 6. The molecule has 6 nitrogen and oxygen atoms in total. The van der Waals surface area contributed by atoms with Gasteiger partial charge < -0.3 is 9.64 Å². The zero-order valence-corrected chi connectivity index (χ0v) is 18.6. The molecular formula is C22H28ClN3O3S. The second kappa shape index (κ2) is 9.64. The van der Waals surface area contributed by atoms with E-state index in [9.17, 15) is 8.42 Å². The Hall–Kier alpha value is -1.67. The number of piperidine rings is 2. The van der Waals surface area contributed by atoms with E-state index >= 15 is 0 Å². The minimum absolute atomic E-state index is 0.0327. The van der Waals surface area contributed by atoms with Crippen LogP contribution in [0.5, 0.6) is 5.75 Å². The third-order valence-corrected chi connectivity index (χ3v) is 8.25. The van der Waals surface area contributed by atoms with Crippen LogP contribution in [0, 0.1) is 0 Å². The Balaban J connectivity index is 1.25. The van der Waals surface area contributed by atoms with Gasteiger partial charge in [-0.2, -0.15) is 0 Å².